The highest BCUT2D eigenvalue weighted by Crippen LogP contribution is 2.09. The minimum atomic E-state index is 1.11. The maximum Gasteiger partial charge on any atom is -0.0139 e. The zero-order chi connectivity index (χ0) is 11.0. The lowest BCUT2D eigenvalue weighted by molar-refractivity contribution is 0.828. The van der Waals surface area contributed by atoms with Crippen LogP contribution >= 0.6 is 0 Å². The molecule has 0 amide bonds. The maximum absolute atomic E-state index is 3.90. The molecule has 0 aliphatic carbocycles. The van der Waals surface area contributed by atoms with Crippen molar-refractivity contribution in [1.29, 1.82) is 0 Å². The van der Waals surface area contributed by atoms with Crippen molar-refractivity contribution in [3.63, 3.8) is 0 Å². The lowest BCUT2D eigenvalue weighted by atomic mass is 10.1. The average Bonchev–Trinajstić information content (AvgIpc) is 2.08. The normalized spacial score (nSPS) is 11.3. The standard InChI is InChI=1S/C14H24/c1-12(2)8-6-7-9-14(5)11-10-13(3)4/h9-10H,1,6-8,11H2,2-5H3/b14-9+. The van der Waals surface area contributed by atoms with Crippen LogP contribution in [-0.2, 0) is 0 Å². The van der Waals surface area contributed by atoms with Gasteiger partial charge in [-0.3, -0.25) is 0 Å². The van der Waals surface area contributed by atoms with Gasteiger partial charge in [-0.05, 0) is 53.4 Å². The molecule has 0 radical (unpaired) electrons. The predicted octanol–water partition coefficient (Wildman–Crippen LogP) is 5.04. The van der Waals surface area contributed by atoms with Crippen molar-refractivity contribution in [2.24, 2.45) is 0 Å². The largest absolute Gasteiger partial charge is 0.100 e. The van der Waals surface area contributed by atoms with Crippen molar-refractivity contribution in [2.75, 3.05) is 0 Å². The molecule has 0 heteroatoms. The summed E-state index contributed by atoms with van der Waals surface area (Å²) in [6.45, 7) is 12.5. The summed E-state index contributed by atoms with van der Waals surface area (Å²) in [5.74, 6) is 0. The van der Waals surface area contributed by atoms with E-state index in [0.29, 0.717) is 0 Å². The first-order chi connectivity index (χ1) is 6.52. The van der Waals surface area contributed by atoms with E-state index in [1.807, 2.05) is 0 Å². The molecule has 0 saturated carbocycles. The number of hydrogen-bond acceptors (Lipinski definition) is 0. The third-order valence-electron chi connectivity index (χ3n) is 2.13. The Morgan fingerprint density at radius 3 is 2.21 bits per heavy atom. The summed E-state index contributed by atoms with van der Waals surface area (Å²) in [4.78, 5) is 0. The van der Waals surface area contributed by atoms with Crippen LogP contribution in [0.3, 0.4) is 0 Å². The van der Waals surface area contributed by atoms with Crippen LogP contribution in [0.4, 0.5) is 0 Å². The monoisotopic (exact) mass is 192 g/mol. The van der Waals surface area contributed by atoms with Crippen molar-refractivity contribution in [3.05, 3.63) is 35.5 Å². The molecule has 0 heterocycles. The van der Waals surface area contributed by atoms with Crippen LogP contribution in [0.15, 0.2) is 35.5 Å². The van der Waals surface area contributed by atoms with Crippen LogP contribution in [0.5, 0.6) is 0 Å². The third kappa shape index (κ3) is 9.31. The Balaban J connectivity index is 3.66. The maximum atomic E-state index is 3.90. The molecular formula is C14H24. The highest BCUT2D eigenvalue weighted by Gasteiger charge is 1.89. The van der Waals surface area contributed by atoms with Crippen LogP contribution in [0, 0.1) is 0 Å². The Morgan fingerprint density at radius 2 is 1.71 bits per heavy atom. The van der Waals surface area contributed by atoms with Gasteiger partial charge >= 0.3 is 0 Å². The van der Waals surface area contributed by atoms with E-state index in [2.05, 4.69) is 46.4 Å². The molecule has 0 nitrogen and oxygen atoms in total. The minimum Gasteiger partial charge on any atom is -0.100 e. The van der Waals surface area contributed by atoms with Crippen LogP contribution in [0.25, 0.3) is 0 Å². The molecule has 0 spiro atoms. The summed E-state index contributed by atoms with van der Waals surface area (Å²) < 4.78 is 0. The Morgan fingerprint density at radius 1 is 1.07 bits per heavy atom. The second kappa shape index (κ2) is 7.61. The molecule has 0 N–H and O–H groups in total. The van der Waals surface area contributed by atoms with Gasteiger partial charge < -0.3 is 0 Å². The van der Waals surface area contributed by atoms with Gasteiger partial charge in [0.15, 0.2) is 0 Å². The third-order valence-corrected chi connectivity index (χ3v) is 2.13. The number of unbranched alkanes of at least 4 members (excludes halogenated alkanes) is 1. The van der Waals surface area contributed by atoms with Gasteiger partial charge in [-0.1, -0.05) is 28.9 Å². The molecule has 80 valence electrons. The molecule has 0 bridgehead atoms. The quantitative estimate of drug-likeness (QED) is 0.409. The van der Waals surface area contributed by atoms with Crippen molar-refractivity contribution >= 4 is 0 Å². The molecule has 14 heavy (non-hydrogen) atoms. The molecule has 0 rings (SSSR count). The second-order valence-electron chi connectivity index (χ2n) is 4.39. The first-order valence-electron chi connectivity index (χ1n) is 5.45. The molecule has 0 atom stereocenters. The van der Waals surface area contributed by atoms with E-state index in [4.69, 9.17) is 0 Å². The molecule has 0 aromatic rings. The first kappa shape index (κ1) is 13.2. The average molecular weight is 192 g/mol. The van der Waals surface area contributed by atoms with Crippen molar-refractivity contribution in [3.8, 4) is 0 Å². The van der Waals surface area contributed by atoms with E-state index >= 15 is 0 Å². The summed E-state index contributed by atoms with van der Waals surface area (Å²) in [6, 6.07) is 0. The van der Waals surface area contributed by atoms with E-state index in [9.17, 15) is 0 Å². The fourth-order valence-electron chi connectivity index (χ4n) is 1.20. The zero-order valence-electron chi connectivity index (χ0n) is 10.2. The van der Waals surface area contributed by atoms with E-state index < -0.39 is 0 Å². The molecule has 0 saturated heterocycles. The van der Waals surface area contributed by atoms with Gasteiger partial charge in [-0.25, -0.2) is 0 Å². The topological polar surface area (TPSA) is 0 Å². The van der Waals surface area contributed by atoms with E-state index in [1.165, 1.54) is 29.6 Å². The van der Waals surface area contributed by atoms with E-state index in [0.717, 1.165) is 12.8 Å². The minimum absolute atomic E-state index is 1.11. The second-order valence-corrected chi connectivity index (χ2v) is 4.39. The van der Waals surface area contributed by atoms with Gasteiger partial charge in [0.1, 0.15) is 0 Å². The molecule has 0 aromatic carbocycles. The smallest absolute Gasteiger partial charge is 0.0139 e. The van der Waals surface area contributed by atoms with Gasteiger partial charge in [0.2, 0.25) is 0 Å². The Hall–Kier alpha value is -0.780. The molecule has 0 aromatic heterocycles. The Kier molecular flexibility index (Phi) is 7.18. The first-order valence-corrected chi connectivity index (χ1v) is 5.45. The Labute approximate surface area is 89.4 Å². The van der Waals surface area contributed by atoms with Crippen molar-refractivity contribution in [1.82, 2.24) is 0 Å². The van der Waals surface area contributed by atoms with Crippen LogP contribution in [0.2, 0.25) is 0 Å². The van der Waals surface area contributed by atoms with E-state index in [-0.39, 0.29) is 0 Å². The zero-order valence-corrected chi connectivity index (χ0v) is 10.2. The fourth-order valence-corrected chi connectivity index (χ4v) is 1.20. The number of allylic oxidation sites excluding steroid dienone is 5. The predicted molar refractivity (Wildman–Crippen MR) is 66.5 cm³/mol. The Bertz CT molecular complexity index is 224. The molecule has 0 aliphatic rings. The van der Waals surface area contributed by atoms with E-state index in [1.54, 1.807) is 0 Å². The molecule has 0 unspecified atom stereocenters. The van der Waals surface area contributed by atoms with Gasteiger partial charge in [-0.2, -0.15) is 0 Å². The summed E-state index contributed by atoms with van der Waals surface area (Å²) in [5.41, 5.74) is 4.17. The molecular weight excluding hydrogens is 168 g/mol. The molecule has 0 fully saturated rings. The summed E-state index contributed by atoms with van der Waals surface area (Å²) in [6.07, 6.45) is 9.32. The van der Waals surface area contributed by atoms with Crippen LogP contribution in [0.1, 0.15) is 53.4 Å². The summed E-state index contributed by atoms with van der Waals surface area (Å²) >= 11 is 0. The highest BCUT2D eigenvalue weighted by atomic mass is 14.0. The summed E-state index contributed by atoms with van der Waals surface area (Å²) in [5, 5.41) is 0. The number of hydrogen-bond donors (Lipinski definition) is 0. The lowest BCUT2D eigenvalue weighted by Gasteiger charge is -1.99. The SMILES string of the molecule is C=C(C)CCC/C=C(\C)CC=C(C)C. The number of rotatable bonds is 6. The van der Waals surface area contributed by atoms with Gasteiger partial charge in [0, 0.05) is 0 Å². The van der Waals surface area contributed by atoms with Crippen LogP contribution in [-0.4, -0.2) is 0 Å². The van der Waals surface area contributed by atoms with Crippen molar-refractivity contribution < 1.29 is 0 Å². The van der Waals surface area contributed by atoms with Gasteiger partial charge in [-0.15, -0.1) is 6.58 Å². The van der Waals surface area contributed by atoms with Crippen LogP contribution < -0.4 is 0 Å². The summed E-state index contributed by atoms with van der Waals surface area (Å²) in [7, 11) is 0. The highest BCUT2D eigenvalue weighted by molar-refractivity contribution is 5.07. The van der Waals surface area contributed by atoms with Gasteiger partial charge in [0.05, 0.1) is 0 Å². The van der Waals surface area contributed by atoms with Crippen molar-refractivity contribution in [2.45, 2.75) is 53.4 Å². The van der Waals surface area contributed by atoms with Gasteiger partial charge in [0.25, 0.3) is 0 Å². The lowest BCUT2D eigenvalue weighted by Crippen LogP contribution is -1.78. The molecule has 0 aliphatic heterocycles. The fraction of sp³-hybridized carbons (Fsp3) is 0.571.